The maximum atomic E-state index is 12.6. The van der Waals surface area contributed by atoms with E-state index in [2.05, 4.69) is 9.88 Å². The number of likely N-dealkylation sites (tertiary alicyclic amines) is 1. The van der Waals surface area contributed by atoms with E-state index in [1.54, 1.807) is 13.0 Å². The number of nitrogens with zero attached hydrogens (tertiary/aromatic N) is 2. The van der Waals surface area contributed by atoms with E-state index in [-0.39, 0.29) is 6.10 Å². The molecular weight excluding hydrogens is 405 g/mol. The Kier molecular flexibility index (Phi) is 5.78. The predicted octanol–water partition coefficient (Wildman–Crippen LogP) is 5.15. The van der Waals surface area contributed by atoms with E-state index < -0.39 is 11.7 Å². The largest absolute Gasteiger partial charge is 0.488 e. The van der Waals surface area contributed by atoms with Gasteiger partial charge in [0.25, 0.3) is 0 Å². The number of aldehydes is 1. The first kappa shape index (κ1) is 21.1. The molecule has 0 N–H and O–H groups in total. The summed E-state index contributed by atoms with van der Waals surface area (Å²) < 4.78 is 43.9. The van der Waals surface area contributed by atoms with Crippen LogP contribution in [0.25, 0.3) is 11.3 Å². The van der Waals surface area contributed by atoms with Crippen LogP contribution in [0.1, 0.15) is 27.2 Å². The third-order valence-electron chi connectivity index (χ3n) is 5.32. The maximum Gasteiger partial charge on any atom is 0.416 e. The molecule has 160 valence electrons. The van der Waals surface area contributed by atoms with Gasteiger partial charge in [-0.2, -0.15) is 13.2 Å². The Morgan fingerprint density at radius 3 is 2.29 bits per heavy atom. The van der Waals surface area contributed by atoms with Crippen molar-refractivity contribution in [3.63, 3.8) is 0 Å². The Hall–Kier alpha value is -3.19. The molecule has 4 rings (SSSR count). The number of carbonyl (C=O) groups excluding carboxylic acids is 1. The van der Waals surface area contributed by atoms with E-state index in [4.69, 9.17) is 4.74 Å². The Bertz CT molecular complexity index is 1060. The minimum Gasteiger partial charge on any atom is -0.488 e. The summed E-state index contributed by atoms with van der Waals surface area (Å²) in [5, 5.41) is 0. The number of hydrogen-bond acceptors (Lipinski definition) is 4. The zero-order chi connectivity index (χ0) is 22.0. The molecule has 1 aliphatic rings. The van der Waals surface area contributed by atoms with Gasteiger partial charge in [-0.3, -0.25) is 14.7 Å². The molecule has 1 saturated heterocycles. The van der Waals surface area contributed by atoms with E-state index in [0.29, 0.717) is 17.8 Å². The Labute approximate surface area is 178 Å². The first-order chi connectivity index (χ1) is 14.8. The van der Waals surface area contributed by atoms with Gasteiger partial charge < -0.3 is 4.74 Å². The number of hydrogen-bond donors (Lipinski definition) is 0. The van der Waals surface area contributed by atoms with Gasteiger partial charge in [-0.1, -0.05) is 12.1 Å². The molecule has 0 radical (unpaired) electrons. The summed E-state index contributed by atoms with van der Waals surface area (Å²) in [6.45, 7) is 3.84. The highest BCUT2D eigenvalue weighted by Gasteiger charge is 2.31. The Morgan fingerprint density at radius 2 is 1.71 bits per heavy atom. The van der Waals surface area contributed by atoms with Crippen molar-refractivity contribution in [3.8, 4) is 17.0 Å². The fourth-order valence-electron chi connectivity index (χ4n) is 3.54. The molecule has 3 aromatic rings. The SMILES string of the molecule is Cc1nc(-c2ccc(OC3CN(Cc4ccc(C(F)(F)F)cc4)C3)cc2)ccc1C=O. The van der Waals surface area contributed by atoms with Crippen molar-refractivity contribution in [1.82, 2.24) is 9.88 Å². The third-order valence-corrected chi connectivity index (χ3v) is 5.32. The summed E-state index contributed by atoms with van der Waals surface area (Å²) in [5.41, 5.74) is 3.21. The number of rotatable bonds is 6. The molecule has 0 unspecified atom stereocenters. The molecule has 1 fully saturated rings. The lowest BCUT2D eigenvalue weighted by Gasteiger charge is -2.39. The number of aromatic nitrogens is 1. The highest BCUT2D eigenvalue weighted by molar-refractivity contribution is 5.77. The Balaban J connectivity index is 1.29. The van der Waals surface area contributed by atoms with Crippen LogP contribution in [0, 0.1) is 6.92 Å². The molecule has 2 aromatic carbocycles. The number of aryl methyl sites for hydroxylation is 1. The van der Waals surface area contributed by atoms with Crippen molar-refractivity contribution in [2.45, 2.75) is 25.7 Å². The number of benzene rings is 2. The predicted molar refractivity (Wildman–Crippen MR) is 111 cm³/mol. The van der Waals surface area contributed by atoms with Crippen molar-refractivity contribution in [2.24, 2.45) is 0 Å². The van der Waals surface area contributed by atoms with Crippen LogP contribution in [-0.4, -0.2) is 35.4 Å². The summed E-state index contributed by atoms with van der Waals surface area (Å²) in [4.78, 5) is 17.5. The molecule has 0 atom stereocenters. The molecule has 0 spiro atoms. The van der Waals surface area contributed by atoms with Crippen LogP contribution in [0.2, 0.25) is 0 Å². The van der Waals surface area contributed by atoms with Gasteiger partial charge in [0.1, 0.15) is 11.9 Å². The van der Waals surface area contributed by atoms with Gasteiger partial charge in [-0.25, -0.2) is 0 Å². The summed E-state index contributed by atoms with van der Waals surface area (Å²) in [7, 11) is 0. The number of halogens is 3. The average molecular weight is 426 g/mol. The topological polar surface area (TPSA) is 42.4 Å². The van der Waals surface area contributed by atoms with Crippen LogP contribution in [0.15, 0.2) is 60.7 Å². The molecule has 7 heteroatoms. The smallest absolute Gasteiger partial charge is 0.416 e. The fraction of sp³-hybridized carbons (Fsp3) is 0.250. The molecule has 0 aliphatic carbocycles. The lowest BCUT2D eigenvalue weighted by atomic mass is 10.1. The fourth-order valence-corrected chi connectivity index (χ4v) is 3.54. The van der Waals surface area contributed by atoms with Crippen molar-refractivity contribution >= 4 is 6.29 Å². The monoisotopic (exact) mass is 426 g/mol. The van der Waals surface area contributed by atoms with Crippen LogP contribution in [-0.2, 0) is 12.7 Å². The third kappa shape index (κ3) is 4.94. The van der Waals surface area contributed by atoms with Gasteiger partial charge in [0.15, 0.2) is 6.29 Å². The summed E-state index contributed by atoms with van der Waals surface area (Å²) >= 11 is 0. The average Bonchev–Trinajstić information content (AvgIpc) is 2.72. The van der Waals surface area contributed by atoms with Crippen molar-refractivity contribution in [1.29, 1.82) is 0 Å². The number of carbonyl (C=O) groups is 1. The van der Waals surface area contributed by atoms with Gasteiger partial charge in [0, 0.05) is 36.5 Å². The highest BCUT2D eigenvalue weighted by Crippen LogP contribution is 2.30. The van der Waals surface area contributed by atoms with Gasteiger partial charge in [0.05, 0.1) is 11.3 Å². The second-order valence-electron chi connectivity index (χ2n) is 7.64. The van der Waals surface area contributed by atoms with E-state index in [1.165, 1.54) is 12.1 Å². The maximum absolute atomic E-state index is 12.6. The highest BCUT2D eigenvalue weighted by atomic mass is 19.4. The summed E-state index contributed by atoms with van der Waals surface area (Å²) in [5.74, 6) is 0.754. The minimum atomic E-state index is -4.31. The standard InChI is InChI=1S/C24H21F3N2O2/c1-16-19(15-30)6-11-23(28-16)18-4-9-21(10-5-18)31-22-13-29(14-22)12-17-2-7-20(8-3-17)24(25,26)27/h2-11,15,22H,12-14H2,1H3. The van der Waals surface area contributed by atoms with E-state index in [0.717, 1.165) is 54.1 Å². The Morgan fingerprint density at radius 1 is 1.03 bits per heavy atom. The van der Waals surface area contributed by atoms with Crippen LogP contribution >= 0.6 is 0 Å². The first-order valence-electron chi connectivity index (χ1n) is 9.90. The lowest BCUT2D eigenvalue weighted by Crippen LogP contribution is -2.53. The number of alkyl halides is 3. The minimum absolute atomic E-state index is 0.0487. The molecule has 0 amide bonds. The zero-order valence-electron chi connectivity index (χ0n) is 16.9. The van der Waals surface area contributed by atoms with Crippen LogP contribution in [0.4, 0.5) is 13.2 Å². The van der Waals surface area contributed by atoms with Crippen LogP contribution in [0.5, 0.6) is 5.75 Å². The summed E-state index contributed by atoms with van der Waals surface area (Å²) in [6, 6.07) is 16.5. The molecule has 1 aliphatic heterocycles. The molecule has 0 bridgehead atoms. The summed E-state index contributed by atoms with van der Waals surface area (Å²) in [6.07, 6.45) is -3.47. The second kappa shape index (κ2) is 8.51. The quantitative estimate of drug-likeness (QED) is 0.511. The number of ether oxygens (including phenoxy) is 1. The van der Waals surface area contributed by atoms with Gasteiger partial charge in [-0.15, -0.1) is 0 Å². The molecular formula is C24H21F3N2O2. The van der Waals surface area contributed by atoms with Gasteiger partial charge in [0.2, 0.25) is 0 Å². The first-order valence-corrected chi connectivity index (χ1v) is 9.90. The van der Waals surface area contributed by atoms with Crippen molar-refractivity contribution < 1.29 is 22.7 Å². The van der Waals surface area contributed by atoms with E-state index in [9.17, 15) is 18.0 Å². The van der Waals surface area contributed by atoms with E-state index >= 15 is 0 Å². The molecule has 4 nitrogen and oxygen atoms in total. The van der Waals surface area contributed by atoms with Gasteiger partial charge in [-0.05, 0) is 61.0 Å². The van der Waals surface area contributed by atoms with E-state index in [1.807, 2.05) is 30.3 Å². The molecule has 31 heavy (non-hydrogen) atoms. The molecule has 2 heterocycles. The lowest BCUT2D eigenvalue weighted by molar-refractivity contribution is -0.137. The normalized spacial score (nSPS) is 14.8. The second-order valence-corrected chi connectivity index (χ2v) is 7.64. The molecule has 0 saturated carbocycles. The van der Waals surface area contributed by atoms with Crippen molar-refractivity contribution in [3.05, 3.63) is 83.0 Å². The zero-order valence-corrected chi connectivity index (χ0v) is 16.9. The number of pyridine rings is 1. The van der Waals surface area contributed by atoms with Gasteiger partial charge >= 0.3 is 6.18 Å². The van der Waals surface area contributed by atoms with Crippen molar-refractivity contribution in [2.75, 3.05) is 13.1 Å². The molecule has 1 aromatic heterocycles. The van der Waals surface area contributed by atoms with Crippen LogP contribution < -0.4 is 4.74 Å². The van der Waals surface area contributed by atoms with Crippen LogP contribution in [0.3, 0.4) is 0 Å².